The van der Waals surface area contributed by atoms with Gasteiger partial charge >= 0.3 is 0 Å². The number of β-amino-alcohol motifs (C(OH)–C–C–N with tert-alkyl or cyclic N) is 1. The first-order valence-electron chi connectivity index (χ1n) is 9.02. The minimum Gasteiger partial charge on any atom is -0.391 e. The molecule has 1 aliphatic heterocycles. The number of hydrogen-bond acceptors (Lipinski definition) is 5. The van der Waals surface area contributed by atoms with Gasteiger partial charge in [-0.15, -0.1) is 0 Å². The van der Waals surface area contributed by atoms with E-state index in [0.29, 0.717) is 12.5 Å². The Kier molecular flexibility index (Phi) is 3.61. The Hall–Kier alpha value is -3.00. The molecule has 0 bridgehead atoms. The van der Waals surface area contributed by atoms with Gasteiger partial charge in [0.1, 0.15) is 5.82 Å². The lowest BCUT2D eigenvalue weighted by molar-refractivity contribution is 0.153. The maximum absolute atomic E-state index is 13.8. The summed E-state index contributed by atoms with van der Waals surface area (Å²) in [6.45, 7) is 3.33. The highest BCUT2D eigenvalue weighted by Crippen LogP contribution is 2.32. The average Bonchev–Trinajstić information content (AvgIpc) is 3.23. The zero-order valence-electron chi connectivity index (χ0n) is 14.9. The van der Waals surface area contributed by atoms with Gasteiger partial charge in [-0.25, -0.2) is 14.4 Å². The number of aromatic amines is 1. The van der Waals surface area contributed by atoms with Crippen LogP contribution in [0.25, 0.3) is 27.6 Å². The Morgan fingerprint density at radius 2 is 2.15 bits per heavy atom. The van der Waals surface area contributed by atoms with Crippen molar-refractivity contribution in [2.24, 2.45) is 0 Å². The van der Waals surface area contributed by atoms with Crippen molar-refractivity contribution >= 4 is 27.9 Å². The molecular weight excluding hydrogens is 347 g/mol. The first kappa shape index (κ1) is 16.2. The quantitative estimate of drug-likeness (QED) is 0.570. The van der Waals surface area contributed by atoms with Gasteiger partial charge in [-0.3, -0.25) is 5.10 Å². The summed E-state index contributed by atoms with van der Waals surface area (Å²) in [7, 11) is 0. The highest BCUT2D eigenvalue weighted by atomic mass is 19.1. The Balaban J connectivity index is 1.65. The van der Waals surface area contributed by atoms with Gasteiger partial charge in [0.2, 0.25) is 5.95 Å². The van der Waals surface area contributed by atoms with Gasteiger partial charge in [-0.05, 0) is 38.0 Å². The molecule has 2 N–H and O–H groups in total. The number of aryl methyl sites for hydroxylation is 1. The second-order valence-corrected chi connectivity index (χ2v) is 7.01. The number of piperidine rings is 1. The molecule has 0 aliphatic carbocycles. The van der Waals surface area contributed by atoms with Gasteiger partial charge in [0, 0.05) is 18.5 Å². The van der Waals surface area contributed by atoms with Crippen LogP contribution in [0.15, 0.2) is 30.6 Å². The van der Waals surface area contributed by atoms with E-state index >= 15 is 0 Å². The fourth-order valence-corrected chi connectivity index (χ4v) is 3.90. The van der Waals surface area contributed by atoms with Gasteiger partial charge < -0.3 is 14.6 Å². The highest BCUT2D eigenvalue weighted by molar-refractivity contribution is 6.06. The number of aliphatic hydroxyl groups excluding tert-OH is 1. The lowest BCUT2D eigenvalue weighted by Gasteiger charge is -2.30. The fraction of sp³-hybridized carbons (Fsp3) is 0.316. The SMILES string of the molecule is Cc1nc(N2CCCC(O)C2)ncc1-n1c2ccc(F)cc2c2[nH]ncc21. The van der Waals surface area contributed by atoms with Crippen LogP contribution in [0, 0.1) is 12.7 Å². The van der Waals surface area contributed by atoms with Crippen molar-refractivity contribution in [1.82, 2.24) is 24.7 Å². The Bertz CT molecular complexity index is 1150. The maximum atomic E-state index is 13.8. The number of aliphatic hydroxyl groups is 1. The summed E-state index contributed by atoms with van der Waals surface area (Å²) in [5.74, 6) is 0.337. The van der Waals surface area contributed by atoms with E-state index in [9.17, 15) is 9.50 Å². The minimum atomic E-state index is -0.337. The Morgan fingerprint density at radius 3 is 2.96 bits per heavy atom. The largest absolute Gasteiger partial charge is 0.391 e. The molecule has 7 nitrogen and oxygen atoms in total. The topological polar surface area (TPSA) is 82.9 Å². The van der Waals surface area contributed by atoms with Crippen LogP contribution in [0.2, 0.25) is 0 Å². The van der Waals surface area contributed by atoms with E-state index in [-0.39, 0.29) is 11.9 Å². The predicted molar refractivity (Wildman–Crippen MR) is 101 cm³/mol. The summed E-state index contributed by atoms with van der Waals surface area (Å²) < 4.78 is 15.8. The fourth-order valence-electron chi connectivity index (χ4n) is 3.90. The van der Waals surface area contributed by atoms with Crippen LogP contribution in [0.3, 0.4) is 0 Å². The number of hydrogen-bond donors (Lipinski definition) is 2. The van der Waals surface area contributed by atoms with Crippen molar-refractivity contribution in [3.63, 3.8) is 0 Å². The molecule has 1 saturated heterocycles. The molecule has 27 heavy (non-hydrogen) atoms. The number of anilines is 1. The molecule has 1 aliphatic rings. The second-order valence-electron chi connectivity index (χ2n) is 7.01. The molecule has 0 amide bonds. The molecule has 1 aromatic carbocycles. The molecule has 5 rings (SSSR count). The Labute approximate surface area is 154 Å². The molecule has 1 unspecified atom stereocenters. The minimum absolute atomic E-state index is 0.289. The van der Waals surface area contributed by atoms with Crippen LogP contribution in [-0.2, 0) is 0 Å². The number of nitrogens with one attached hydrogen (secondary N) is 1. The molecule has 1 fully saturated rings. The van der Waals surface area contributed by atoms with Crippen molar-refractivity contribution in [2.75, 3.05) is 18.0 Å². The van der Waals surface area contributed by atoms with Crippen LogP contribution in [0.4, 0.5) is 10.3 Å². The van der Waals surface area contributed by atoms with Crippen LogP contribution in [0.1, 0.15) is 18.5 Å². The van der Waals surface area contributed by atoms with Crippen molar-refractivity contribution in [1.29, 1.82) is 0 Å². The summed E-state index contributed by atoms with van der Waals surface area (Å²) in [5, 5.41) is 17.7. The molecule has 3 aromatic heterocycles. The molecule has 1 atom stereocenters. The second kappa shape index (κ2) is 6.02. The number of H-pyrrole nitrogens is 1. The van der Waals surface area contributed by atoms with E-state index in [1.807, 2.05) is 16.4 Å². The van der Waals surface area contributed by atoms with Crippen LogP contribution >= 0.6 is 0 Å². The van der Waals surface area contributed by atoms with Crippen molar-refractivity contribution in [3.8, 4) is 5.69 Å². The molecule has 4 heterocycles. The zero-order valence-corrected chi connectivity index (χ0v) is 14.9. The number of benzene rings is 1. The number of fused-ring (bicyclic) bond motifs is 3. The molecule has 0 spiro atoms. The smallest absolute Gasteiger partial charge is 0.225 e. The van der Waals surface area contributed by atoms with Crippen LogP contribution in [0.5, 0.6) is 0 Å². The van der Waals surface area contributed by atoms with Gasteiger partial charge in [0.15, 0.2) is 0 Å². The van der Waals surface area contributed by atoms with Crippen molar-refractivity contribution in [3.05, 3.63) is 42.1 Å². The normalized spacial score (nSPS) is 17.9. The van der Waals surface area contributed by atoms with Crippen molar-refractivity contribution < 1.29 is 9.50 Å². The third-order valence-electron chi connectivity index (χ3n) is 5.19. The highest BCUT2D eigenvalue weighted by Gasteiger charge is 2.22. The molecule has 0 saturated carbocycles. The van der Waals surface area contributed by atoms with Crippen molar-refractivity contribution in [2.45, 2.75) is 25.9 Å². The third-order valence-corrected chi connectivity index (χ3v) is 5.19. The van der Waals surface area contributed by atoms with E-state index < -0.39 is 0 Å². The molecule has 138 valence electrons. The average molecular weight is 366 g/mol. The van der Waals surface area contributed by atoms with E-state index in [4.69, 9.17) is 0 Å². The maximum Gasteiger partial charge on any atom is 0.225 e. The number of aromatic nitrogens is 5. The summed E-state index contributed by atoms with van der Waals surface area (Å²) in [6.07, 6.45) is 4.92. The van der Waals surface area contributed by atoms with E-state index in [2.05, 4.69) is 20.2 Å². The lowest BCUT2D eigenvalue weighted by atomic mass is 10.1. The van der Waals surface area contributed by atoms with Crippen LogP contribution < -0.4 is 4.90 Å². The molecular formula is C19H19FN6O. The number of rotatable bonds is 2. The first-order valence-corrected chi connectivity index (χ1v) is 9.02. The zero-order chi connectivity index (χ0) is 18.5. The third kappa shape index (κ3) is 2.56. The summed E-state index contributed by atoms with van der Waals surface area (Å²) in [5.41, 5.74) is 4.14. The van der Waals surface area contributed by atoms with Gasteiger partial charge in [0.25, 0.3) is 0 Å². The summed E-state index contributed by atoms with van der Waals surface area (Å²) in [4.78, 5) is 11.2. The number of nitrogens with zero attached hydrogens (tertiary/aromatic N) is 5. The van der Waals surface area contributed by atoms with Gasteiger partial charge in [-0.1, -0.05) is 0 Å². The lowest BCUT2D eigenvalue weighted by Crippen LogP contribution is -2.39. The predicted octanol–water partition coefficient (Wildman–Crippen LogP) is 2.71. The summed E-state index contributed by atoms with van der Waals surface area (Å²) >= 11 is 0. The van der Waals surface area contributed by atoms with E-state index in [0.717, 1.165) is 52.7 Å². The number of halogens is 1. The van der Waals surface area contributed by atoms with Gasteiger partial charge in [0.05, 0.1) is 46.4 Å². The van der Waals surface area contributed by atoms with Gasteiger partial charge in [-0.2, -0.15) is 5.10 Å². The molecule has 8 heteroatoms. The summed E-state index contributed by atoms with van der Waals surface area (Å²) in [6, 6.07) is 4.71. The van der Waals surface area contributed by atoms with E-state index in [1.54, 1.807) is 18.5 Å². The van der Waals surface area contributed by atoms with E-state index in [1.165, 1.54) is 12.1 Å². The molecule has 4 aromatic rings. The van der Waals surface area contributed by atoms with Crippen LogP contribution in [-0.4, -0.2) is 49.0 Å². The first-order chi connectivity index (χ1) is 13.1. The monoisotopic (exact) mass is 366 g/mol. The molecule has 0 radical (unpaired) electrons. The standard InChI is InChI=1S/C19H19FN6O/c1-11-16(8-21-19(23-11)25-6-2-3-13(27)10-25)26-15-5-4-12(20)7-14(15)18-17(26)9-22-24-18/h4-5,7-9,13,27H,2-3,6,10H2,1H3,(H,22,24). The Morgan fingerprint density at radius 1 is 1.26 bits per heavy atom.